The summed E-state index contributed by atoms with van der Waals surface area (Å²) in [6.07, 6.45) is 2.97. The van der Waals surface area contributed by atoms with E-state index in [-0.39, 0.29) is 23.8 Å². The Labute approximate surface area is 137 Å². The summed E-state index contributed by atoms with van der Waals surface area (Å²) in [6.45, 7) is 3.69. The number of hydrogen-bond acceptors (Lipinski definition) is 2. The Bertz CT molecular complexity index is 557. The summed E-state index contributed by atoms with van der Waals surface area (Å²) in [6, 6.07) is 10.5. The van der Waals surface area contributed by atoms with Crippen molar-refractivity contribution in [2.24, 2.45) is 5.92 Å². The zero-order chi connectivity index (χ0) is 16.2. The minimum absolute atomic E-state index is 0.0719. The summed E-state index contributed by atoms with van der Waals surface area (Å²) in [5.74, 6) is 0.183. The summed E-state index contributed by atoms with van der Waals surface area (Å²) in [5, 5.41) is 5.94. The van der Waals surface area contributed by atoms with E-state index in [1.807, 2.05) is 25.1 Å². The molecule has 0 spiro atoms. The molecular weight excluding hydrogens is 290 g/mol. The van der Waals surface area contributed by atoms with E-state index in [9.17, 15) is 9.59 Å². The van der Waals surface area contributed by atoms with Gasteiger partial charge in [-0.2, -0.15) is 0 Å². The number of carbonyl (C=O) groups excluding carboxylic acids is 2. The van der Waals surface area contributed by atoms with Gasteiger partial charge in [0.1, 0.15) is 0 Å². The number of benzene rings is 1. The van der Waals surface area contributed by atoms with Gasteiger partial charge >= 0.3 is 6.03 Å². The molecule has 2 aliphatic rings. The Morgan fingerprint density at radius 1 is 1.17 bits per heavy atom. The van der Waals surface area contributed by atoms with Gasteiger partial charge in [0.2, 0.25) is 5.91 Å². The quantitative estimate of drug-likeness (QED) is 0.894. The Balaban J connectivity index is 1.74. The van der Waals surface area contributed by atoms with Crippen molar-refractivity contribution in [2.75, 3.05) is 19.6 Å². The Hall–Kier alpha value is -2.04. The van der Waals surface area contributed by atoms with Gasteiger partial charge in [0.05, 0.1) is 5.92 Å². The molecule has 2 atom stereocenters. The second-order valence-electron chi connectivity index (χ2n) is 6.56. The van der Waals surface area contributed by atoms with Crippen molar-refractivity contribution < 1.29 is 9.59 Å². The molecule has 2 unspecified atom stereocenters. The zero-order valence-electron chi connectivity index (χ0n) is 13.6. The van der Waals surface area contributed by atoms with Crippen molar-refractivity contribution in [2.45, 2.75) is 38.1 Å². The van der Waals surface area contributed by atoms with E-state index >= 15 is 0 Å². The van der Waals surface area contributed by atoms with E-state index in [0.717, 1.165) is 19.3 Å². The van der Waals surface area contributed by atoms with Crippen LogP contribution in [-0.2, 0) is 4.79 Å². The number of carbonyl (C=O) groups is 2. The van der Waals surface area contributed by atoms with E-state index in [1.165, 1.54) is 5.56 Å². The van der Waals surface area contributed by atoms with Crippen molar-refractivity contribution in [3.63, 3.8) is 0 Å². The van der Waals surface area contributed by atoms with Gasteiger partial charge in [-0.1, -0.05) is 30.3 Å². The average molecular weight is 315 g/mol. The van der Waals surface area contributed by atoms with Gasteiger partial charge in [-0.05, 0) is 31.7 Å². The molecule has 1 aliphatic carbocycles. The predicted molar refractivity (Wildman–Crippen MR) is 89.1 cm³/mol. The Morgan fingerprint density at radius 2 is 1.91 bits per heavy atom. The van der Waals surface area contributed by atoms with E-state index in [1.54, 1.807) is 4.90 Å². The molecule has 1 heterocycles. The van der Waals surface area contributed by atoms with Crippen LogP contribution in [-0.4, -0.2) is 42.5 Å². The molecule has 1 saturated carbocycles. The van der Waals surface area contributed by atoms with Crippen LogP contribution in [0.5, 0.6) is 0 Å². The monoisotopic (exact) mass is 315 g/mol. The second kappa shape index (κ2) is 7.02. The number of nitrogens with one attached hydrogen (secondary N) is 2. The summed E-state index contributed by atoms with van der Waals surface area (Å²) >= 11 is 0. The minimum Gasteiger partial charge on any atom is -0.353 e. The first-order chi connectivity index (χ1) is 11.2. The lowest BCUT2D eigenvalue weighted by atomic mass is 9.84. The van der Waals surface area contributed by atoms with Crippen LogP contribution in [0.15, 0.2) is 30.3 Å². The lowest BCUT2D eigenvalue weighted by Crippen LogP contribution is -2.51. The van der Waals surface area contributed by atoms with Crippen LogP contribution in [0.4, 0.5) is 4.79 Å². The standard InChI is InChI=1S/C18H25N3O2/c1-2-19-18(23)21-11-14(13-6-4-3-5-7-13)10-15(12-21)17(22)20-16-8-9-16/h3-7,14-16H,2,8-12H2,1H3,(H,19,23)(H,20,22). The molecule has 1 saturated heterocycles. The average Bonchev–Trinajstić information content (AvgIpc) is 3.39. The molecule has 1 aliphatic heterocycles. The smallest absolute Gasteiger partial charge is 0.317 e. The number of nitrogens with zero attached hydrogens (tertiary/aromatic N) is 1. The van der Waals surface area contributed by atoms with Crippen molar-refractivity contribution in [3.05, 3.63) is 35.9 Å². The molecule has 5 nitrogen and oxygen atoms in total. The number of rotatable bonds is 4. The molecule has 1 aromatic carbocycles. The third-order valence-corrected chi connectivity index (χ3v) is 4.63. The third-order valence-electron chi connectivity index (χ3n) is 4.63. The van der Waals surface area contributed by atoms with Gasteiger partial charge in [-0.15, -0.1) is 0 Å². The highest BCUT2D eigenvalue weighted by Crippen LogP contribution is 2.31. The highest BCUT2D eigenvalue weighted by Gasteiger charge is 2.36. The van der Waals surface area contributed by atoms with Crippen molar-refractivity contribution >= 4 is 11.9 Å². The van der Waals surface area contributed by atoms with Gasteiger partial charge < -0.3 is 15.5 Å². The lowest BCUT2D eigenvalue weighted by molar-refractivity contribution is -0.126. The molecule has 1 aromatic rings. The van der Waals surface area contributed by atoms with Crippen molar-refractivity contribution in [1.82, 2.24) is 15.5 Å². The number of hydrogen-bond donors (Lipinski definition) is 2. The first kappa shape index (κ1) is 15.8. The summed E-state index contributed by atoms with van der Waals surface area (Å²) < 4.78 is 0. The van der Waals surface area contributed by atoms with Gasteiger partial charge in [0.25, 0.3) is 0 Å². The fourth-order valence-electron chi connectivity index (χ4n) is 3.23. The van der Waals surface area contributed by atoms with Crippen LogP contribution in [0.25, 0.3) is 0 Å². The van der Waals surface area contributed by atoms with Gasteiger partial charge in [-0.3, -0.25) is 4.79 Å². The van der Waals surface area contributed by atoms with Crippen LogP contribution in [0.3, 0.4) is 0 Å². The molecule has 3 amide bonds. The fraction of sp³-hybridized carbons (Fsp3) is 0.556. The summed E-state index contributed by atoms with van der Waals surface area (Å²) in [5.41, 5.74) is 1.20. The van der Waals surface area contributed by atoms with Crippen molar-refractivity contribution in [1.29, 1.82) is 0 Å². The Morgan fingerprint density at radius 3 is 2.57 bits per heavy atom. The van der Waals surface area contributed by atoms with Crippen LogP contribution >= 0.6 is 0 Å². The zero-order valence-corrected chi connectivity index (χ0v) is 13.6. The van der Waals surface area contributed by atoms with Crippen LogP contribution in [0.1, 0.15) is 37.7 Å². The first-order valence-electron chi connectivity index (χ1n) is 8.55. The molecule has 0 aromatic heterocycles. The molecule has 0 radical (unpaired) electrons. The van der Waals surface area contributed by atoms with Crippen LogP contribution in [0, 0.1) is 5.92 Å². The van der Waals surface area contributed by atoms with E-state index in [0.29, 0.717) is 25.7 Å². The van der Waals surface area contributed by atoms with Gasteiger partial charge in [0.15, 0.2) is 0 Å². The minimum atomic E-state index is -0.128. The Kier molecular flexibility index (Phi) is 4.84. The van der Waals surface area contributed by atoms with E-state index in [2.05, 4.69) is 22.8 Å². The summed E-state index contributed by atoms with van der Waals surface area (Å²) in [7, 11) is 0. The number of amides is 3. The number of urea groups is 1. The maximum Gasteiger partial charge on any atom is 0.317 e. The SMILES string of the molecule is CCNC(=O)N1CC(C(=O)NC2CC2)CC(c2ccccc2)C1. The normalized spacial score (nSPS) is 24.1. The third kappa shape index (κ3) is 4.03. The van der Waals surface area contributed by atoms with E-state index < -0.39 is 0 Å². The molecule has 124 valence electrons. The maximum absolute atomic E-state index is 12.5. The maximum atomic E-state index is 12.5. The highest BCUT2D eigenvalue weighted by atomic mass is 16.2. The first-order valence-corrected chi connectivity index (χ1v) is 8.55. The molecular formula is C18H25N3O2. The largest absolute Gasteiger partial charge is 0.353 e. The topological polar surface area (TPSA) is 61.4 Å². The fourth-order valence-corrected chi connectivity index (χ4v) is 3.23. The van der Waals surface area contributed by atoms with Crippen molar-refractivity contribution in [3.8, 4) is 0 Å². The lowest BCUT2D eigenvalue weighted by Gasteiger charge is -2.37. The summed E-state index contributed by atoms with van der Waals surface area (Å²) in [4.78, 5) is 26.5. The molecule has 3 rings (SSSR count). The second-order valence-corrected chi connectivity index (χ2v) is 6.56. The molecule has 5 heteroatoms. The predicted octanol–water partition coefficient (Wildman–Crippen LogP) is 2.10. The molecule has 23 heavy (non-hydrogen) atoms. The van der Waals surface area contributed by atoms with Crippen LogP contribution in [0.2, 0.25) is 0 Å². The number of likely N-dealkylation sites (tertiary alicyclic amines) is 1. The highest BCUT2D eigenvalue weighted by molar-refractivity contribution is 5.81. The molecule has 0 bridgehead atoms. The van der Waals surface area contributed by atoms with E-state index in [4.69, 9.17) is 0 Å². The van der Waals surface area contributed by atoms with Gasteiger partial charge in [-0.25, -0.2) is 4.79 Å². The molecule has 2 fully saturated rings. The van der Waals surface area contributed by atoms with Gasteiger partial charge in [0, 0.05) is 31.6 Å². The van der Waals surface area contributed by atoms with Crippen LogP contribution < -0.4 is 10.6 Å². The molecule has 2 N–H and O–H groups in total. The number of piperidine rings is 1.